The zero-order valence-electron chi connectivity index (χ0n) is 9.38. The van der Waals surface area contributed by atoms with Gasteiger partial charge in [0, 0.05) is 6.04 Å². The Morgan fingerprint density at radius 1 is 1.36 bits per heavy atom. The van der Waals surface area contributed by atoms with Crippen LogP contribution in [0.4, 0.5) is 4.79 Å². The van der Waals surface area contributed by atoms with E-state index in [1.807, 2.05) is 13.8 Å². The van der Waals surface area contributed by atoms with Gasteiger partial charge in [0.25, 0.3) is 0 Å². The van der Waals surface area contributed by atoms with Crippen molar-refractivity contribution >= 4 is 6.09 Å². The summed E-state index contributed by atoms with van der Waals surface area (Å²) in [5.41, 5.74) is 0. The van der Waals surface area contributed by atoms with Crippen molar-refractivity contribution in [1.29, 1.82) is 0 Å². The van der Waals surface area contributed by atoms with Crippen molar-refractivity contribution in [3.63, 3.8) is 0 Å². The minimum atomic E-state index is -0.265. The molecule has 0 spiro atoms. The lowest BCUT2D eigenvalue weighted by atomic mass is 9.86. The molecule has 0 bridgehead atoms. The molecule has 82 valence electrons. The van der Waals surface area contributed by atoms with E-state index >= 15 is 0 Å². The van der Waals surface area contributed by atoms with Crippen molar-refractivity contribution in [2.45, 2.75) is 58.6 Å². The highest BCUT2D eigenvalue weighted by atomic mass is 16.6. The zero-order chi connectivity index (χ0) is 10.6. The van der Waals surface area contributed by atoms with Gasteiger partial charge in [-0.05, 0) is 32.6 Å². The fourth-order valence-corrected chi connectivity index (χ4v) is 1.93. The number of alkyl carbamates (subject to hydrolysis) is 1. The van der Waals surface area contributed by atoms with Gasteiger partial charge in [-0.1, -0.05) is 19.8 Å². The fourth-order valence-electron chi connectivity index (χ4n) is 1.93. The van der Waals surface area contributed by atoms with Crippen LogP contribution in [0.2, 0.25) is 0 Å². The lowest BCUT2D eigenvalue weighted by Crippen LogP contribution is -2.42. The minimum absolute atomic E-state index is 0.0334. The van der Waals surface area contributed by atoms with E-state index in [9.17, 15) is 4.79 Å². The lowest BCUT2D eigenvalue weighted by Gasteiger charge is -2.29. The van der Waals surface area contributed by atoms with Crippen LogP contribution in [-0.2, 0) is 4.74 Å². The van der Waals surface area contributed by atoms with E-state index < -0.39 is 0 Å². The van der Waals surface area contributed by atoms with Crippen LogP contribution in [-0.4, -0.2) is 18.2 Å². The van der Waals surface area contributed by atoms with Gasteiger partial charge >= 0.3 is 6.09 Å². The van der Waals surface area contributed by atoms with Gasteiger partial charge in [-0.25, -0.2) is 4.79 Å². The van der Waals surface area contributed by atoms with Crippen LogP contribution in [0.15, 0.2) is 0 Å². The SMILES string of the molecule is CC(C)OC(=O)NC1CCCCC1C. The van der Waals surface area contributed by atoms with Gasteiger partial charge in [0.2, 0.25) is 0 Å². The molecule has 1 saturated carbocycles. The number of hydrogen-bond donors (Lipinski definition) is 1. The Labute approximate surface area is 86.2 Å². The lowest BCUT2D eigenvalue weighted by molar-refractivity contribution is 0.106. The Morgan fingerprint density at radius 3 is 2.57 bits per heavy atom. The van der Waals surface area contributed by atoms with E-state index in [4.69, 9.17) is 4.74 Å². The molecule has 1 rings (SSSR count). The van der Waals surface area contributed by atoms with Gasteiger partial charge in [-0.3, -0.25) is 0 Å². The maximum absolute atomic E-state index is 11.3. The van der Waals surface area contributed by atoms with Crippen molar-refractivity contribution in [2.24, 2.45) is 5.92 Å². The average molecular weight is 199 g/mol. The van der Waals surface area contributed by atoms with Gasteiger partial charge in [-0.15, -0.1) is 0 Å². The second-order valence-electron chi connectivity index (χ2n) is 4.47. The second kappa shape index (κ2) is 5.23. The topological polar surface area (TPSA) is 38.3 Å². The molecule has 0 aromatic carbocycles. The van der Waals surface area contributed by atoms with E-state index in [0.717, 1.165) is 6.42 Å². The van der Waals surface area contributed by atoms with Crippen molar-refractivity contribution in [3.05, 3.63) is 0 Å². The maximum atomic E-state index is 11.3. The molecule has 0 heterocycles. The van der Waals surface area contributed by atoms with E-state index in [1.54, 1.807) is 0 Å². The van der Waals surface area contributed by atoms with Crippen molar-refractivity contribution < 1.29 is 9.53 Å². The third-order valence-electron chi connectivity index (χ3n) is 2.76. The molecule has 1 aliphatic rings. The molecule has 2 unspecified atom stereocenters. The molecular weight excluding hydrogens is 178 g/mol. The Hall–Kier alpha value is -0.730. The monoisotopic (exact) mass is 199 g/mol. The molecule has 3 nitrogen and oxygen atoms in total. The number of carbonyl (C=O) groups excluding carboxylic acids is 1. The molecule has 0 saturated heterocycles. The third-order valence-corrected chi connectivity index (χ3v) is 2.76. The molecule has 3 heteroatoms. The number of hydrogen-bond acceptors (Lipinski definition) is 2. The first-order valence-electron chi connectivity index (χ1n) is 5.56. The number of ether oxygens (including phenoxy) is 1. The van der Waals surface area contributed by atoms with Gasteiger partial charge in [0.05, 0.1) is 6.10 Å². The first kappa shape index (κ1) is 11.3. The molecular formula is C11H21NO2. The molecule has 0 aliphatic heterocycles. The summed E-state index contributed by atoms with van der Waals surface area (Å²) < 4.78 is 5.05. The van der Waals surface area contributed by atoms with E-state index in [2.05, 4.69) is 12.2 Å². The predicted molar refractivity (Wildman–Crippen MR) is 56.2 cm³/mol. The number of amides is 1. The number of nitrogens with one attached hydrogen (secondary N) is 1. The maximum Gasteiger partial charge on any atom is 0.407 e. The predicted octanol–water partition coefficient (Wildman–Crippen LogP) is 2.70. The summed E-state index contributed by atoms with van der Waals surface area (Å²) in [6.45, 7) is 5.92. The highest BCUT2D eigenvalue weighted by molar-refractivity contribution is 5.67. The normalized spacial score (nSPS) is 27.4. The standard InChI is InChI=1S/C11H21NO2/c1-8(2)14-11(13)12-10-7-5-4-6-9(10)3/h8-10H,4-7H2,1-3H3,(H,12,13). The molecule has 0 aromatic heterocycles. The Balaban J connectivity index is 2.31. The van der Waals surface area contributed by atoms with Crippen LogP contribution >= 0.6 is 0 Å². The Kier molecular flexibility index (Phi) is 4.23. The molecule has 1 aliphatic carbocycles. The highest BCUT2D eigenvalue weighted by Crippen LogP contribution is 2.23. The number of rotatable bonds is 2. The van der Waals surface area contributed by atoms with E-state index in [1.165, 1.54) is 19.3 Å². The summed E-state index contributed by atoms with van der Waals surface area (Å²) in [6.07, 6.45) is 4.52. The van der Waals surface area contributed by atoms with Gasteiger partial charge in [-0.2, -0.15) is 0 Å². The van der Waals surface area contributed by atoms with Gasteiger partial charge < -0.3 is 10.1 Å². The number of carbonyl (C=O) groups is 1. The van der Waals surface area contributed by atoms with E-state index in [0.29, 0.717) is 12.0 Å². The second-order valence-corrected chi connectivity index (χ2v) is 4.47. The van der Waals surface area contributed by atoms with Crippen LogP contribution in [0.25, 0.3) is 0 Å². The first-order valence-corrected chi connectivity index (χ1v) is 5.56. The summed E-state index contributed by atoms with van der Waals surface area (Å²) >= 11 is 0. The molecule has 14 heavy (non-hydrogen) atoms. The van der Waals surface area contributed by atoms with Crippen molar-refractivity contribution in [2.75, 3.05) is 0 Å². The van der Waals surface area contributed by atoms with Gasteiger partial charge in [0.15, 0.2) is 0 Å². The minimum Gasteiger partial charge on any atom is -0.447 e. The fraction of sp³-hybridized carbons (Fsp3) is 0.909. The smallest absolute Gasteiger partial charge is 0.407 e. The van der Waals surface area contributed by atoms with Crippen molar-refractivity contribution in [3.8, 4) is 0 Å². The molecule has 2 atom stereocenters. The molecule has 1 N–H and O–H groups in total. The summed E-state index contributed by atoms with van der Waals surface area (Å²) in [5, 5.41) is 2.94. The van der Waals surface area contributed by atoms with Crippen LogP contribution < -0.4 is 5.32 Å². The summed E-state index contributed by atoms with van der Waals surface area (Å²) in [4.78, 5) is 11.3. The van der Waals surface area contributed by atoms with Gasteiger partial charge in [0.1, 0.15) is 0 Å². The molecule has 1 fully saturated rings. The summed E-state index contributed by atoms with van der Waals surface area (Å²) in [7, 11) is 0. The molecule has 0 radical (unpaired) electrons. The highest BCUT2D eigenvalue weighted by Gasteiger charge is 2.23. The third kappa shape index (κ3) is 3.56. The largest absolute Gasteiger partial charge is 0.447 e. The molecule has 1 amide bonds. The average Bonchev–Trinajstić information content (AvgIpc) is 2.07. The van der Waals surface area contributed by atoms with Crippen molar-refractivity contribution in [1.82, 2.24) is 5.32 Å². The van der Waals surface area contributed by atoms with Crippen LogP contribution in [0.1, 0.15) is 46.5 Å². The quantitative estimate of drug-likeness (QED) is 0.742. The Bertz CT molecular complexity index is 192. The van der Waals surface area contributed by atoms with Crippen LogP contribution in [0.3, 0.4) is 0 Å². The van der Waals surface area contributed by atoms with Crippen LogP contribution in [0.5, 0.6) is 0 Å². The molecule has 0 aromatic rings. The van der Waals surface area contributed by atoms with E-state index in [-0.39, 0.29) is 12.2 Å². The Morgan fingerprint density at radius 2 is 2.00 bits per heavy atom. The summed E-state index contributed by atoms with van der Waals surface area (Å²) in [6, 6.07) is 0.315. The van der Waals surface area contributed by atoms with Crippen LogP contribution in [0, 0.1) is 5.92 Å². The summed E-state index contributed by atoms with van der Waals surface area (Å²) in [5.74, 6) is 0.587. The zero-order valence-corrected chi connectivity index (χ0v) is 9.38. The first-order chi connectivity index (χ1) is 6.59.